The van der Waals surface area contributed by atoms with E-state index in [-0.39, 0.29) is 22.1 Å². The van der Waals surface area contributed by atoms with Gasteiger partial charge in [0.1, 0.15) is 11.4 Å². The van der Waals surface area contributed by atoms with E-state index < -0.39 is 9.84 Å². The van der Waals surface area contributed by atoms with Gasteiger partial charge in [0.05, 0.1) is 17.7 Å². The van der Waals surface area contributed by atoms with Gasteiger partial charge in [-0.25, -0.2) is 8.42 Å². The molecule has 1 aliphatic carbocycles. The van der Waals surface area contributed by atoms with Crippen LogP contribution < -0.4 is 15.0 Å². The molecule has 0 aliphatic heterocycles. The van der Waals surface area contributed by atoms with E-state index in [1.165, 1.54) is 10.8 Å². The van der Waals surface area contributed by atoms with Gasteiger partial charge in [0, 0.05) is 36.5 Å². The topological polar surface area (TPSA) is 103 Å². The molecule has 2 aromatic heterocycles. The monoisotopic (exact) mass is 457 g/mol. The Morgan fingerprint density at radius 2 is 1.94 bits per heavy atom. The highest BCUT2D eigenvalue weighted by Crippen LogP contribution is 2.36. The van der Waals surface area contributed by atoms with Gasteiger partial charge in [-0.1, -0.05) is 13.8 Å². The number of ether oxygens (including phenoxy) is 2. The Balaban J connectivity index is 1.79. The Morgan fingerprint density at radius 1 is 1.19 bits per heavy atom. The van der Waals surface area contributed by atoms with Crippen molar-refractivity contribution >= 4 is 9.84 Å². The number of nitrogens with zero attached hydrogens (tertiary/aromatic N) is 2. The number of aromatic amines is 1. The molecule has 9 heteroatoms. The summed E-state index contributed by atoms with van der Waals surface area (Å²) in [6, 6.07) is 6.41. The Bertz CT molecular complexity index is 1300. The first-order chi connectivity index (χ1) is 15.1. The predicted octanol–water partition coefficient (Wildman–Crippen LogP) is 3.88. The molecule has 0 unspecified atom stereocenters. The van der Waals surface area contributed by atoms with Crippen molar-refractivity contribution in [3.05, 3.63) is 52.7 Å². The summed E-state index contributed by atoms with van der Waals surface area (Å²) in [5.41, 5.74) is 1.60. The maximum Gasteiger partial charge on any atom is 0.293 e. The third kappa shape index (κ3) is 4.72. The van der Waals surface area contributed by atoms with Crippen LogP contribution >= 0.6 is 0 Å². The lowest BCUT2D eigenvalue weighted by Crippen LogP contribution is -2.18. The zero-order valence-electron chi connectivity index (χ0n) is 18.6. The van der Waals surface area contributed by atoms with Crippen LogP contribution in [0.25, 0.3) is 11.1 Å². The van der Waals surface area contributed by atoms with Crippen molar-refractivity contribution in [2.45, 2.75) is 37.5 Å². The van der Waals surface area contributed by atoms with Crippen LogP contribution in [0, 0.1) is 5.92 Å². The second kappa shape index (κ2) is 8.46. The molecule has 1 N–H and O–H groups in total. The van der Waals surface area contributed by atoms with Crippen LogP contribution in [-0.2, 0) is 16.9 Å². The van der Waals surface area contributed by atoms with E-state index in [0.29, 0.717) is 40.8 Å². The first kappa shape index (κ1) is 22.1. The first-order valence-corrected chi connectivity index (χ1v) is 12.4. The van der Waals surface area contributed by atoms with Gasteiger partial charge in [-0.05, 0) is 43.0 Å². The van der Waals surface area contributed by atoms with Crippen molar-refractivity contribution in [3.8, 4) is 28.4 Å². The van der Waals surface area contributed by atoms with E-state index in [9.17, 15) is 13.2 Å². The first-order valence-electron chi connectivity index (χ1n) is 10.5. The quantitative estimate of drug-likeness (QED) is 0.551. The molecule has 0 atom stereocenters. The highest BCUT2D eigenvalue weighted by Gasteiger charge is 2.23. The van der Waals surface area contributed by atoms with Crippen LogP contribution in [0.2, 0.25) is 0 Å². The number of sulfone groups is 1. The van der Waals surface area contributed by atoms with Crippen LogP contribution in [0.15, 0.2) is 46.3 Å². The SMILES string of the molecule is CC(C)c1n[nH]cc1Oc1cc(-c2cc(S(C)(=O)=O)ccc2OCC2CC2)cn(C)c1=O. The van der Waals surface area contributed by atoms with E-state index in [1.54, 1.807) is 43.7 Å². The normalized spacial score (nSPS) is 14.0. The van der Waals surface area contributed by atoms with Crippen molar-refractivity contribution < 1.29 is 17.9 Å². The molecule has 0 spiro atoms. The molecule has 32 heavy (non-hydrogen) atoms. The second-order valence-electron chi connectivity index (χ2n) is 8.59. The minimum absolute atomic E-state index is 0.108. The fraction of sp³-hybridized carbons (Fsp3) is 0.391. The predicted molar refractivity (Wildman–Crippen MR) is 121 cm³/mol. The molecule has 170 valence electrons. The lowest BCUT2D eigenvalue weighted by atomic mass is 10.1. The highest BCUT2D eigenvalue weighted by molar-refractivity contribution is 7.90. The number of hydrogen-bond donors (Lipinski definition) is 1. The minimum atomic E-state index is -3.42. The van der Waals surface area contributed by atoms with Crippen LogP contribution in [-0.4, -0.2) is 36.0 Å². The molecule has 1 aliphatic rings. The van der Waals surface area contributed by atoms with Crippen molar-refractivity contribution in [3.63, 3.8) is 0 Å². The summed E-state index contributed by atoms with van der Waals surface area (Å²) in [4.78, 5) is 13.0. The summed E-state index contributed by atoms with van der Waals surface area (Å²) in [5, 5.41) is 6.97. The van der Waals surface area contributed by atoms with E-state index in [4.69, 9.17) is 9.47 Å². The van der Waals surface area contributed by atoms with Crippen LogP contribution in [0.1, 0.15) is 38.3 Å². The number of rotatable bonds is 8. The number of aromatic nitrogens is 3. The van der Waals surface area contributed by atoms with Crippen molar-refractivity contribution in [1.82, 2.24) is 14.8 Å². The number of hydrogen-bond acceptors (Lipinski definition) is 6. The van der Waals surface area contributed by atoms with Crippen LogP contribution in [0.4, 0.5) is 0 Å². The Morgan fingerprint density at radius 3 is 2.59 bits per heavy atom. The largest absolute Gasteiger partial charge is 0.493 e. The van der Waals surface area contributed by atoms with Crippen molar-refractivity contribution in [1.29, 1.82) is 0 Å². The molecule has 0 amide bonds. The van der Waals surface area contributed by atoms with Gasteiger partial charge < -0.3 is 14.0 Å². The number of aryl methyl sites for hydroxylation is 1. The van der Waals surface area contributed by atoms with Crippen molar-refractivity contribution in [2.24, 2.45) is 13.0 Å². The molecule has 0 saturated heterocycles. The summed E-state index contributed by atoms with van der Waals surface area (Å²) in [6.07, 6.45) is 6.70. The fourth-order valence-corrected chi connectivity index (χ4v) is 4.04. The molecule has 3 aromatic rings. The van der Waals surface area contributed by atoms with Gasteiger partial charge in [-0.15, -0.1) is 0 Å². The summed E-state index contributed by atoms with van der Waals surface area (Å²) < 4.78 is 37.7. The summed E-state index contributed by atoms with van der Waals surface area (Å²) in [5.74, 6) is 1.81. The lowest BCUT2D eigenvalue weighted by molar-refractivity contribution is 0.301. The zero-order chi connectivity index (χ0) is 23.0. The van der Waals surface area contributed by atoms with E-state index in [1.807, 2.05) is 13.8 Å². The van der Waals surface area contributed by atoms with Gasteiger partial charge in [-0.2, -0.15) is 5.10 Å². The highest BCUT2D eigenvalue weighted by atomic mass is 32.2. The van der Waals surface area contributed by atoms with Gasteiger partial charge in [0.25, 0.3) is 5.56 Å². The molecule has 0 bridgehead atoms. The summed E-state index contributed by atoms with van der Waals surface area (Å²) >= 11 is 0. The second-order valence-corrected chi connectivity index (χ2v) is 10.6. The minimum Gasteiger partial charge on any atom is -0.493 e. The molecular weight excluding hydrogens is 430 g/mol. The number of benzene rings is 1. The molecule has 8 nitrogen and oxygen atoms in total. The summed E-state index contributed by atoms with van der Waals surface area (Å²) in [7, 11) is -1.79. The molecule has 1 saturated carbocycles. The fourth-order valence-electron chi connectivity index (χ4n) is 3.39. The van der Waals surface area contributed by atoms with Crippen molar-refractivity contribution in [2.75, 3.05) is 12.9 Å². The number of pyridine rings is 1. The Hall–Kier alpha value is -3.07. The van der Waals surface area contributed by atoms with E-state index in [2.05, 4.69) is 10.2 Å². The Labute approximate surface area is 187 Å². The smallest absolute Gasteiger partial charge is 0.293 e. The maximum absolute atomic E-state index is 12.8. The lowest BCUT2D eigenvalue weighted by Gasteiger charge is -2.15. The van der Waals surface area contributed by atoms with Gasteiger partial charge in [-0.3, -0.25) is 9.89 Å². The molecule has 0 radical (unpaired) electrons. The van der Waals surface area contributed by atoms with Gasteiger partial charge >= 0.3 is 0 Å². The van der Waals surface area contributed by atoms with E-state index >= 15 is 0 Å². The molecular formula is C23H27N3O5S. The standard InChI is InChI=1S/C23H27N3O5S/c1-14(2)22-21(11-24-25-22)31-20-9-16(12-26(3)23(20)27)18-10-17(32(4,28)29)7-8-19(18)30-13-15-5-6-15/h7-12,14-15H,5-6,13H2,1-4H3,(H,24,25). The maximum atomic E-state index is 12.8. The average molecular weight is 458 g/mol. The summed E-state index contributed by atoms with van der Waals surface area (Å²) in [6.45, 7) is 4.54. The third-order valence-corrected chi connectivity index (χ3v) is 6.52. The van der Waals surface area contributed by atoms with Gasteiger partial charge in [0.15, 0.2) is 21.3 Å². The van der Waals surface area contributed by atoms with Gasteiger partial charge in [0.2, 0.25) is 0 Å². The number of H-pyrrole nitrogens is 1. The van der Waals surface area contributed by atoms with E-state index in [0.717, 1.165) is 12.8 Å². The molecule has 4 rings (SSSR count). The molecule has 2 heterocycles. The molecule has 1 fully saturated rings. The number of nitrogens with one attached hydrogen (secondary N) is 1. The van der Waals surface area contributed by atoms with Crippen LogP contribution in [0.5, 0.6) is 17.2 Å². The van der Waals surface area contributed by atoms with Crippen LogP contribution in [0.3, 0.4) is 0 Å². The third-order valence-electron chi connectivity index (χ3n) is 5.41. The Kier molecular flexibility index (Phi) is 5.85. The molecule has 1 aromatic carbocycles. The average Bonchev–Trinajstić information content (AvgIpc) is 3.44. The zero-order valence-corrected chi connectivity index (χ0v) is 19.4.